The van der Waals surface area contributed by atoms with Crippen LogP contribution in [-0.2, 0) is 19.7 Å². The van der Waals surface area contributed by atoms with Gasteiger partial charge in [-0.3, -0.25) is 4.55 Å². The van der Waals surface area contributed by atoms with E-state index in [4.69, 9.17) is 4.55 Å². The second-order valence-electron chi connectivity index (χ2n) is 1.59. The molecule has 0 spiro atoms. The zero-order valence-corrected chi connectivity index (χ0v) is 9.11. The van der Waals surface area contributed by atoms with Crippen LogP contribution in [-0.4, -0.2) is 62.6 Å². The first-order valence-electron chi connectivity index (χ1n) is 2.36. The molecule has 0 amide bonds. The summed E-state index contributed by atoms with van der Waals surface area (Å²) < 4.78 is 28.3. The van der Waals surface area contributed by atoms with Crippen LogP contribution >= 0.6 is 0 Å². The second-order valence-corrected chi connectivity index (χ2v) is 2.98. The van der Waals surface area contributed by atoms with E-state index < -0.39 is 27.0 Å². The molecule has 0 radical (unpaired) electrons. The van der Waals surface area contributed by atoms with Crippen LogP contribution in [0.15, 0.2) is 11.0 Å². The molecule has 13 heavy (non-hydrogen) atoms. The molecule has 0 aliphatic rings. The molecule has 0 aliphatic heterocycles. The average Bonchev–Trinajstić information content (AvgIpc) is 1.79. The van der Waals surface area contributed by atoms with Crippen LogP contribution in [0, 0.1) is 0 Å². The summed E-state index contributed by atoms with van der Waals surface area (Å²) in [6.07, 6.45) is -0.287. The Bertz CT molecular complexity index is 340. The second kappa shape index (κ2) is 5.55. The van der Waals surface area contributed by atoms with E-state index in [1.165, 1.54) is 0 Å². The van der Waals surface area contributed by atoms with Gasteiger partial charge in [-0.25, -0.2) is 0 Å². The summed E-state index contributed by atoms with van der Waals surface area (Å²) in [5.41, 5.74) is 0. The Kier molecular flexibility index (Phi) is 6.55. The van der Waals surface area contributed by atoms with Crippen molar-refractivity contribution < 1.29 is 32.8 Å². The van der Waals surface area contributed by atoms with Crippen molar-refractivity contribution in [2.75, 3.05) is 0 Å². The van der Waals surface area contributed by atoms with Crippen molar-refractivity contribution in [2.24, 2.45) is 0 Å². The summed E-state index contributed by atoms with van der Waals surface area (Å²) >= 11 is 0. The molecule has 0 saturated heterocycles. The van der Waals surface area contributed by atoms with E-state index in [1.807, 2.05) is 0 Å². The molecule has 0 heterocycles. The molecule has 0 bridgehead atoms. The maximum Gasteiger partial charge on any atom is 2.00 e. The van der Waals surface area contributed by atoms with Gasteiger partial charge in [0.25, 0.3) is 10.1 Å². The predicted molar refractivity (Wildman–Crippen MR) is 35.4 cm³/mol. The Hall–Kier alpha value is -0.150. The largest absolute Gasteiger partial charge is 2.00 e. The minimum atomic E-state index is -5.08. The van der Waals surface area contributed by atoms with Gasteiger partial charge in [0.05, 0.1) is 11.9 Å². The van der Waals surface area contributed by atoms with Crippen molar-refractivity contribution >= 4 is 59.8 Å². The Balaban J connectivity index is 0. The number of carbonyl (C=O) groups excluding carboxylic acids is 2. The molecule has 0 unspecified atom stereocenters. The number of hydrogen-bond acceptors (Lipinski definition) is 6. The average molecular weight is 234 g/mol. The molecule has 0 aliphatic carbocycles. The third-order valence-corrected chi connectivity index (χ3v) is 1.57. The molecule has 0 aromatic heterocycles. The summed E-state index contributed by atoms with van der Waals surface area (Å²) in [4.78, 5) is 17.8. The van der Waals surface area contributed by atoms with E-state index in [-0.39, 0.29) is 43.8 Å². The molecular formula is C4H2CaO7S. The van der Waals surface area contributed by atoms with E-state index >= 15 is 0 Å². The van der Waals surface area contributed by atoms with Crippen molar-refractivity contribution in [3.05, 3.63) is 11.0 Å². The zero-order valence-electron chi connectivity index (χ0n) is 6.09. The van der Waals surface area contributed by atoms with Crippen LogP contribution in [0.1, 0.15) is 0 Å². The third-order valence-electron chi connectivity index (χ3n) is 0.728. The standard InChI is InChI=1S/C4H4O7S.Ca/c5-3(6)1-2(4(7)8)12(9,10)11;/h1H,(H,5,6)(H,7,8)(H,9,10,11);/q;+2/p-2/b2-1+;. The van der Waals surface area contributed by atoms with E-state index in [0.29, 0.717) is 0 Å². The quantitative estimate of drug-likeness (QED) is 0.297. The van der Waals surface area contributed by atoms with E-state index in [2.05, 4.69) is 0 Å². The van der Waals surface area contributed by atoms with Gasteiger partial charge in [0.15, 0.2) is 0 Å². The molecule has 0 saturated carbocycles. The number of hydrogen-bond donors (Lipinski definition) is 1. The van der Waals surface area contributed by atoms with Crippen LogP contribution in [0.2, 0.25) is 0 Å². The first-order valence-corrected chi connectivity index (χ1v) is 3.80. The Morgan fingerprint density at radius 3 is 1.69 bits per heavy atom. The first kappa shape index (κ1) is 15.3. The number of aliphatic carboxylic acids is 2. The van der Waals surface area contributed by atoms with Gasteiger partial charge in [0, 0.05) is 0 Å². The topological polar surface area (TPSA) is 135 Å². The van der Waals surface area contributed by atoms with Crippen LogP contribution in [0.25, 0.3) is 0 Å². The number of carboxylic acids is 2. The summed E-state index contributed by atoms with van der Waals surface area (Å²) in [5, 5.41) is 19.6. The van der Waals surface area contributed by atoms with Gasteiger partial charge in [0.1, 0.15) is 4.91 Å². The molecule has 0 aromatic rings. The first-order chi connectivity index (χ1) is 5.25. The minimum Gasteiger partial charge on any atom is -0.545 e. The van der Waals surface area contributed by atoms with Gasteiger partial charge in [-0.2, -0.15) is 8.42 Å². The minimum absolute atomic E-state index is 0. The SMILES string of the molecule is O=C([O-])/C=C(\C(=O)[O-])S(=O)(=O)O.[Ca+2]. The van der Waals surface area contributed by atoms with Crippen LogP contribution < -0.4 is 10.2 Å². The molecule has 1 N–H and O–H groups in total. The van der Waals surface area contributed by atoms with E-state index in [9.17, 15) is 28.2 Å². The van der Waals surface area contributed by atoms with Gasteiger partial charge in [-0.1, -0.05) is 0 Å². The molecule has 0 fully saturated rings. The molecule has 9 heteroatoms. The maximum atomic E-state index is 10.1. The Labute approximate surface area is 103 Å². The Morgan fingerprint density at radius 2 is 1.62 bits per heavy atom. The number of carboxylic acid groups (broad SMARTS) is 2. The van der Waals surface area contributed by atoms with Crippen LogP contribution in [0.4, 0.5) is 0 Å². The van der Waals surface area contributed by atoms with Gasteiger partial charge >= 0.3 is 37.7 Å². The van der Waals surface area contributed by atoms with Crippen LogP contribution in [0.5, 0.6) is 0 Å². The fourth-order valence-corrected chi connectivity index (χ4v) is 0.802. The monoisotopic (exact) mass is 234 g/mol. The smallest absolute Gasteiger partial charge is 0.545 e. The zero-order chi connectivity index (χ0) is 9.94. The fourth-order valence-electron chi connectivity index (χ4n) is 0.346. The van der Waals surface area contributed by atoms with Gasteiger partial charge in [-0.05, 0) is 6.08 Å². The van der Waals surface area contributed by atoms with Crippen molar-refractivity contribution in [1.82, 2.24) is 0 Å². The summed E-state index contributed by atoms with van der Waals surface area (Å²) in [5.74, 6) is -4.38. The number of carbonyl (C=O) groups is 2. The van der Waals surface area contributed by atoms with Gasteiger partial charge < -0.3 is 19.8 Å². The third kappa shape index (κ3) is 5.99. The summed E-state index contributed by atoms with van der Waals surface area (Å²) in [6, 6.07) is 0. The van der Waals surface area contributed by atoms with Crippen molar-refractivity contribution in [2.45, 2.75) is 0 Å². The normalized spacial score (nSPS) is 11.6. The summed E-state index contributed by atoms with van der Waals surface area (Å²) in [7, 11) is -5.08. The molecule has 68 valence electrons. The van der Waals surface area contributed by atoms with E-state index in [0.717, 1.165) is 0 Å². The van der Waals surface area contributed by atoms with Crippen molar-refractivity contribution in [3.63, 3.8) is 0 Å². The fraction of sp³-hybridized carbons (Fsp3) is 0. The Morgan fingerprint density at radius 1 is 1.23 bits per heavy atom. The molecule has 7 nitrogen and oxygen atoms in total. The maximum absolute atomic E-state index is 10.1. The molecular weight excluding hydrogens is 232 g/mol. The van der Waals surface area contributed by atoms with Gasteiger partial charge in [0.2, 0.25) is 0 Å². The molecule has 0 rings (SSSR count). The van der Waals surface area contributed by atoms with Crippen molar-refractivity contribution in [1.29, 1.82) is 0 Å². The van der Waals surface area contributed by atoms with E-state index in [1.54, 1.807) is 0 Å². The molecule has 0 atom stereocenters. The summed E-state index contributed by atoms with van der Waals surface area (Å²) in [6.45, 7) is 0. The molecule has 0 aromatic carbocycles. The van der Waals surface area contributed by atoms with Crippen molar-refractivity contribution in [3.8, 4) is 0 Å². The van der Waals surface area contributed by atoms with Gasteiger partial charge in [-0.15, -0.1) is 0 Å². The number of rotatable bonds is 3. The van der Waals surface area contributed by atoms with Crippen LogP contribution in [0.3, 0.4) is 0 Å². The predicted octanol–water partition coefficient (Wildman–Crippen LogP) is -4.12.